The molecule has 4 heteroatoms. The minimum Gasteiger partial charge on any atom is -0.363 e. The second-order valence-corrected chi connectivity index (χ2v) is 6.33. The van der Waals surface area contributed by atoms with Crippen molar-refractivity contribution in [3.05, 3.63) is 30.1 Å². The molecule has 2 atom stereocenters. The highest BCUT2D eigenvalue weighted by Gasteiger charge is 2.50. The molecule has 3 nitrogen and oxygen atoms in total. The fourth-order valence-electron chi connectivity index (χ4n) is 4.43. The summed E-state index contributed by atoms with van der Waals surface area (Å²) in [5.41, 5.74) is 7.19. The van der Waals surface area contributed by atoms with Gasteiger partial charge in [-0.3, -0.25) is 4.90 Å². The first-order chi connectivity index (χ1) is 10.2. The van der Waals surface area contributed by atoms with Crippen LogP contribution in [0.5, 0.6) is 0 Å². The number of halogens is 1. The van der Waals surface area contributed by atoms with Gasteiger partial charge in [0, 0.05) is 31.4 Å². The van der Waals surface area contributed by atoms with Crippen LogP contribution in [-0.4, -0.2) is 42.7 Å². The molecule has 0 amide bonds. The molecular weight excluding hydrogens is 265 g/mol. The van der Waals surface area contributed by atoms with Crippen LogP contribution < -0.4 is 10.6 Å². The van der Waals surface area contributed by atoms with E-state index in [2.05, 4.69) is 16.7 Å². The molecule has 2 aliphatic heterocycles. The van der Waals surface area contributed by atoms with Gasteiger partial charge in [0.1, 0.15) is 5.82 Å². The van der Waals surface area contributed by atoms with Gasteiger partial charge in [-0.2, -0.15) is 0 Å². The third kappa shape index (κ3) is 2.44. The van der Waals surface area contributed by atoms with E-state index in [1.54, 1.807) is 12.1 Å². The van der Waals surface area contributed by atoms with Gasteiger partial charge in [0.2, 0.25) is 0 Å². The summed E-state index contributed by atoms with van der Waals surface area (Å²) >= 11 is 0. The largest absolute Gasteiger partial charge is 0.363 e. The Morgan fingerprint density at radius 2 is 2.24 bits per heavy atom. The first-order valence-electron chi connectivity index (χ1n) is 8.18. The lowest BCUT2D eigenvalue weighted by Gasteiger charge is -2.48. The number of nitrogens with zero attached hydrogens (tertiary/aromatic N) is 2. The molecule has 2 saturated heterocycles. The highest BCUT2D eigenvalue weighted by atomic mass is 19.1. The summed E-state index contributed by atoms with van der Waals surface area (Å²) in [4.78, 5) is 4.95. The topological polar surface area (TPSA) is 32.5 Å². The Bertz CT molecular complexity index is 493. The number of hydrogen-bond donors (Lipinski definition) is 1. The smallest absolute Gasteiger partial charge is 0.125 e. The fourth-order valence-corrected chi connectivity index (χ4v) is 4.43. The van der Waals surface area contributed by atoms with E-state index in [1.165, 1.54) is 31.9 Å². The van der Waals surface area contributed by atoms with Crippen LogP contribution in [-0.2, 0) is 0 Å². The fraction of sp³-hybridized carbons (Fsp3) is 0.647. The van der Waals surface area contributed by atoms with Crippen LogP contribution in [0.15, 0.2) is 24.3 Å². The molecule has 0 aliphatic carbocycles. The van der Waals surface area contributed by atoms with Gasteiger partial charge in [-0.15, -0.1) is 0 Å². The van der Waals surface area contributed by atoms with Crippen LogP contribution in [0.4, 0.5) is 10.1 Å². The van der Waals surface area contributed by atoms with Crippen molar-refractivity contribution in [1.29, 1.82) is 0 Å². The van der Waals surface area contributed by atoms with Gasteiger partial charge in [-0.05, 0) is 50.9 Å². The molecule has 0 radical (unpaired) electrons. The Morgan fingerprint density at radius 3 is 2.95 bits per heavy atom. The molecule has 2 heterocycles. The molecule has 0 bridgehead atoms. The third-order valence-corrected chi connectivity index (χ3v) is 5.39. The molecule has 2 unspecified atom stereocenters. The lowest BCUT2D eigenvalue weighted by Crippen LogP contribution is -2.62. The van der Waals surface area contributed by atoms with Crippen molar-refractivity contribution in [3.63, 3.8) is 0 Å². The molecule has 21 heavy (non-hydrogen) atoms. The number of rotatable bonds is 4. The van der Waals surface area contributed by atoms with Gasteiger partial charge in [-0.25, -0.2) is 4.39 Å². The monoisotopic (exact) mass is 291 g/mol. The predicted molar refractivity (Wildman–Crippen MR) is 85.0 cm³/mol. The van der Waals surface area contributed by atoms with E-state index in [9.17, 15) is 4.39 Å². The number of piperidine rings is 1. The van der Waals surface area contributed by atoms with Crippen molar-refractivity contribution in [2.24, 2.45) is 5.73 Å². The number of anilines is 1. The van der Waals surface area contributed by atoms with Crippen molar-refractivity contribution in [1.82, 2.24) is 4.90 Å². The lowest BCUT2D eigenvalue weighted by atomic mass is 9.83. The average molecular weight is 291 g/mol. The highest BCUT2D eigenvalue weighted by molar-refractivity contribution is 5.51. The van der Waals surface area contributed by atoms with Gasteiger partial charge in [0.15, 0.2) is 0 Å². The van der Waals surface area contributed by atoms with Crippen molar-refractivity contribution in [2.75, 3.05) is 31.1 Å². The molecule has 2 aliphatic rings. The molecule has 1 aromatic carbocycles. The lowest BCUT2D eigenvalue weighted by molar-refractivity contribution is 0.155. The molecule has 2 N–H and O–H groups in total. The van der Waals surface area contributed by atoms with Crippen LogP contribution in [0.2, 0.25) is 0 Å². The van der Waals surface area contributed by atoms with Crippen LogP contribution in [0.25, 0.3) is 0 Å². The van der Waals surface area contributed by atoms with Gasteiger partial charge in [0.05, 0.1) is 5.54 Å². The Morgan fingerprint density at radius 1 is 1.38 bits per heavy atom. The van der Waals surface area contributed by atoms with Crippen LogP contribution in [0.1, 0.15) is 32.6 Å². The van der Waals surface area contributed by atoms with Crippen LogP contribution >= 0.6 is 0 Å². The number of fused-ring (bicyclic) bond motifs is 1. The average Bonchev–Trinajstić information content (AvgIpc) is 2.88. The zero-order valence-corrected chi connectivity index (χ0v) is 12.9. The van der Waals surface area contributed by atoms with E-state index < -0.39 is 0 Å². The highest BCUT2D eigenvalue weighted by Crippen LogP contribution is 2.40. The zero-order chi connectivity index (χ0) is 14.9. The Kier molecular flexibility index (Phi) is 4.18. The minimum absolute atomic E-state index is 0.0387. The molecule has 0 spiro atoms. The number of benzene rings is 1. The molecule has 1 aromatic rings. The van der Waals surface area contributed by atoms with Crippen molar-refractivity contribution < 1.29 is 4.39 Å². The van der Waals surface area contributed by atoms with E-state index in [0.29, 0.717) is 12.6 Å². The summed E-state index contributed by atoms with van der Waals surface area (Å²) in [6.45, 7) is 5.96. The van der Waals surface area contributed by atoms with Crippen LogP contribution in [0.3, 0.4) is 0 Å². The summed E-state index contributed by atoms with van der Waals surface area (Å²) < 4.78 is 13.6. The molecule has 2 fully saturated rings. The Labute approximate surface area is 126 Å². The van der Waals surface area contributed by atoms with Crippen molar-refractivity contribution in [2.45, 2.75) is 44.2 Å². The number of likely N-dealkylation sites (N-methyl/N-ethyl adjacent to an activating group) is 1. The SMILES string of the molecule is CCN(c1cccc(F)c1)C1(CN)CCN2CCCCC21. The quantitative estimate of drug-likeness (QED) is 0.925. The Balaban J connectivity index is 1.96. The number of nitrogens with two attached hydrogens (primary N) is 1. The summed E-state index contributed by atoms with van der Waals surface area (Å²) in [7, 11) is 0. The maximum Gasteiger partial charge on any atom is 0.125 e. The second-order valence-electron chi connectivity index (χ2n) is 6.33. The van der Waals surface area contributed by atoms with E-state index in [4.69, 9.17) is 5.73 Å². The summed E-state index contributed by atoms with van der Waals surface area (Å²) in [5.74, 6) is -0.170. The van der Waals surface area contributed by atoms with Crippen molar-refractivity contribution in [3.8, 4) is 0 Å². The van der Waals surface area contributed by atoms with E-state index in [0.717, 1.165) is 25.2 Å². The summed E-state index contributed by atoms with van der Waals surface area (Å²) in [5, 5.41) is 0. The Hall–Kier alpha value is -1.13. The van der Waals surface area contributed by atoms with Gasteiger partial charge >= 0.3 is 0 Å². The third-order valence-electron chi connectivity index (χ3n) is 5.39. The normalized spacial score (nSPS) is 29.4. The molecule has 3 rings (SSSR count). The molecule has 0 saturated carbocycles. The van der Waals surface area contributed by atoms with E-state index in [-0.39, 0.29) is 11.4 Å². The van der Waals surface area contributed by atoms with Gasteiger partial charge in [-0.1, -0.05) is 12.5 Å². The molecule has 116 valence electrons. The number of hydrogen-bond acceptors (Lipinski definition) is 3. The summed E-state index contributed by atoms with van der Waals surface area (Å²) in [6, 6.07) is 7.47. The van der Waals surface area contributed by atoms with Crippen LogP contribution in [0, 0.1) is 5.82 Å². The zero-order valence-electron chi connectivity index (χ0n) is 12.9. The second kappa shape index (κ2) is 5.93. The van der Waals surface area contributed by atoms with Gasteiger partial charge < -0.3 is 10.6 Å². The molecule has 0 aromatic heterocycles. The maximum atomic E-state index is 13.6. The predicted octanol–water partition coefficient (Wildman–Crippen LogP) is 2.61. The summed E-state index contributed by atoms with van der Waals surface area (Å²) in [6.07, 6.45) is 4.87. The van der Waals surface area contributed by atoms with Crippen molar-refractivity contribution >= 4 is 5.69 Å². The molecular formula is C17H26FN3. The first-order valence-corrected chi connectivity index (χ1v) is 8.18. The van der Waals surface area contributed by atoms with E-state index >= 15 is 0 Å². The minimum atomic E-state index is -0.170. The maximum absolute atomic E-state index is 13.6. The van der Waals surface area contributed by atoms with E-state index in [1.807, 2.05) is 6.07 Å². The first kappa shape index (κ1) is 14.8. The standard InChI is InChI=1S/C17H26FN3/c1-2-21(15-7-5-6-14(18)12-15)17(13-19)9-11-20-10-4-3-8-16(17)20/h5-7,12,16H,2-4,8-11,13,19H2,1H3. The van der Waals surface area contributed by atoms with Gasteiger partial charge in [0.25, 0.3) is 0 Å².